The second-order valence-electron chi connectivity index (χ2n) is 4.80. The molecule has 0 fully saturated rings. The van der Waals surface area contributed by atoms with Gasteiger partial charge >= 0.3 is 0 Å². The van der Waals surface area contributed by atoms with Gasteiger partial charge in [0.2, 0.25) is 0 Å². The Morgan fingerprint density at radius 3 is 2.22 bits per heavy atom. The molecule has 0 aliphatic heterocycles. The van der Waals surface area contributed by atoms with E-state index in [1.165, 1.54) is 16.7 Å². The molecule has 0 aliphatic rings. The van der Waals surface area contributed by atoms with E-state index in [1.807, 2.05) is 12.1 Å². The number of aryl methyl sites for hydroxylation is 3. The molecule has 2 heteroatoms. The van der Waals surface area contributed by atoms with Crippen LogP contribution in [-0.4, -0.2) is 5.11 Å². The Labute approximate surface area is 122 Å². The van der Waals surface area contributed by atoms with Gasteiger partial charge in [0, 0.05) is 3.57 Å². The summed E-state index contributed by atoms with van der Waals surface area (Å²) in [6.45, 7) is 6.19. The van der Waals surface area contributed by atoms with Crippen molar-refractivity contribution in [1.82, 2.24) is 0 Å². The molecule has 0 aromatic heterocycles. The molecule has 2 aromatic carbocycles. The van der Waals surface area contributed by atoms with Crippen molar-refractivity contribution in [1.29, 1.82) is 0 Å². The van der Waals surface area contributed by atoms with Crippen molar-refractivity contribution in [3.63, 3.8) is 0 Å². The van der Waals surface area contributed by atoms with Gasteiger partial charge < -0.3 is 5.11 Å². The van der Waals surface area contributed by atoms with E-state index in [1.54, 1.807) is 0 Å². The Hall–Kier alpha value is -0.870. The molecule has 1 N–H and O–H groups in total. The van der Waals surface area contributed by atoms with E-state index in [-0.39, 0.29) is 0 Å². The fourth-order valence-electron chi connectivity index (χ4n) is 2.23. The molecule has 0 bridgehead atoms. The molecule has 0 saturated heterocycles. The fourth-order valence-corrected chi connectivity index (χ4v) is 2.88. The monoisotopic (exact) mass is 352 g/mol. The minimum Gasteiger partial charge on any atom is -0.384 e. The van der Waals surface area contributed by atoms with Crippen LogP contribution in [0.4, 0.5) is 0 Å². The van der Waals surface area contributed by atoms with E-state index in [0.717, 1.165) is 14.7 Å². The van der Waals surface area contributed by atoms with Crippen LogP contribution in [-0.2, 0) is 0 Å². The predicted octanol–water partition coefficient (Wildman–Crippen LogP) is 4.30. The lowest BCUT2D eigenvalue weighted by molar-refractivity contribution is 0.219. The summed E-state index contributed by atoms with van der Waals surface area (Å²) in [4.78, 5) is 0. The summed E-state index contributed by atoms with van der Waals surface area (Å²) in [7, 11) is 0. The third-order valence-corrected chi connectivity index (χ3v) is 4.55. The van der Waals surface area contributed by atoms with Gasteiger partial charge in [0.25, 0.3) is 0 Å². The molecule has 0 heterocycles. The van der Waals surface area contributed by atoms with Crippen LogP contribution in [0.1, 0.15) is 33.9 Å². The van der Waals surface area contributed by atoms with E-state index < -0.39 is 6.10 Å². The normalized spacial score (nSPS) is 12.5. The number of halogens is 1. The van der Waals surface area contributed by atoms with Crippen LogP contribution < -0.4 is 0 Å². The number of hydrogen-bond acceptors (Lipinski definition) is 1. The van der Waals surface area contributed by atoms with Crippen molar-refractivity contribution >= 4 is 22.6 Å². The molecule has 0 saturated carbocycles. The maximum absolute atomic E-state index is 10.5. The Kier molecular flexibility index (Phi) is 4.07. The molecule has 0 aliphatic carbocycles. The van der Waals surface area contributed by atoms with Gasteiger partial charge in [-0.1, -0.05) is 47.5 Å². The standard InChI is InChI=1S/C16H17IO/c1-10-7-11(2)9-13(8-10)16(18)14-6-4-5-12(3)15(14)17/h4-9,16,18H,1-3H3. The zero-order chi connectivity index (χ0) is 13.3. The highest BCUT2D eigenvalue weighted by atomic mass is 127. The van der Waals surface area contributed by atoms with Crippen molar-refractivity contribution in [2.75, 3.05) is 0 Å². The molecule has 2 rings (SSSR count). The van der Waals surface area contributed by atoms with Gasteiger partial charge in [-0.05, 0) is 60.1 Å². The van der Waals surface area contributed by atoms with E-state index in [0.29, 0.717) is 0 Å². The summed E-state index contributed by atoms with van der Waals surface area (Å²) in [5.41, 5.74) is 5.53. The number of aliphatic hydroxyl groups excluding tert-OH is 1. The molecule has 94 valence electrons. The van der Waals surface area contributed by atoms with E-state index in [9.17, 15) is 5.11 Å². The first kappa shape index (κ1) is 13.6. The topological polar surface area (TPSA) is 20.2 Å². The third-order valence-electron chi connectivity index (χ3n) is 3.08. The maximum Gasteiger partial charge on any atom is 0.105 e. The number of benzene rings is 2. The minimum atomic E-state index is -0.546. The van der Waals surface area contributed by atoms with Gasteiger partial charge in [0.05, 0.1) is 0 Å². The predicted molar refractivity (Wildman–Crippen MR) is 83.9 cm³/mol. The van der Waals surface area contributed by atoms with Crippen LogP contribution in [0.3, 0.4) is 0 Å². The Bertz CT molecular complexity index is 555. The molecule has 0 amide bonds. The average molecular weight is 352 g/mol. The van der Waals surface area contributed by atoms with Crippen molar-refractivity contribution in [2.45, 2.75) is 26.9 Å². The van der Waals surface area contributed by atoms with Crippen molar-refractivity contribution in [3.05, 3.63) is 67.8 Å². The van der Waals surface area contributed by atoms with Gasteiger partial charge in [0.15, 0.2) is 0 Å². The van der Waals surface area contributed by atoms with Crippen molar-refractivity contribution in [3.8, 4) is 0 Å². The van der Waals surface area contributed by atoms with E-state index in [2.05, 4.69) is 67.6 Å². The van der Waals surface area contributed by atoms with Crippen LogP contribution in [0, 0.1) is 24.3 Å². The smallest absolute Gasteiger partial charge is 0.105 e. The molecule has 1 nitrogen and oxygen atoms in total. The van der Waals surface area contributed by atoms with Gasteiger partial charge in [-0.3, -0.25) is 0 Å². The molecule has 0 radical (unpaired) electrons. The quantitative estimate of drug-likeness (QED) is 0.799. The first-order valence-electron chi connectivity index (χ1n) is 6.00. The highest BCUT2D eigenvalue weighted by Crippen LogP contribution is 2.28. The van der Waals surface area contributed by atoms with Gasteiger partial charge in [0.1, 0.15) is 6.10 Å². The summed E-state index contributed by atoms with van der Waals surface area (Å²) in [6, 6.07) is 12.3. The lowest BCUT2D eigenvalue weighted by Gasteiger charge is -2.16. The molecule has 0 spiro atoms. The largest absolute Gasteiger partial charge is 0.384 e. The Morgan fingerprint density at radius 1 is 1.00 bits per heavy atom. The second kappa shape index (κ2) is 5.41. The molecular weight excluding hydrogens is 335 g/mol. The second-order valence-corrected chi connectivity index (χ2v) is 5.88. The highest BCUT2D eigenvalue weighted by molar-refractivity contribution is 14.1. The summed E-state index contributed by atoms with van der Waals surface area (Å²) in [6.07, 6.45) is -0.546. The molecule has 1 unspecified atom stereocenters. The molecular formula is C16H17IO. The maximum atomic E-state index is 10.5. The van der Waals surface area contributed by atoms with E-state index in [4.69, 9.17) is 0 Å². The lowest BCUT2D eigenvalue weighted by Crippen LogP contribution is -2.04. The zero-order valence-electron chi connectivity index (χ0n) is 10.9. The molecule has 18 heavy (non-hydrogen) atoms. The first-order chi connectivity index (χ1) is 8.49. The third kappa shape index (κ3) is 2.75. The van der Waals surface area contributed by atoms with Crippen molar-refractivity contribution in [2.24, 2.45) is 0 Å². The summed E-state index contributed by atoms with van der Waals surface area (Å²) < 4.78 is 1.14. The van der Waals surface area contributed by atoms with Gasteiger partial charge in [-0.2, -0.15) is 0 Å². The van der Waals surface area contributed by atoms with E-state index >= 15 is 0 Å². The number of hydrogen-bond donors (Lipinski definition) is 1. The average Bonchev–Trinajstić information content (AvgIpc) is 2.30. The fraction of sp³-hybridized carbons (Fsp3) is 0.250. The molecule has 2 aromatic rings. The highest BCUT2D eigenvalue weighted by Gasteiger charge is 2.15. The lowest BCUT2D eigenvalue weighted by atomic mass is 9.97. The first-order valence-corrected chi connectivity index (χ1v) is 7.08. The Balaban J connectivity index is 2.47. The SMILES string of the molecule is Cc1cc(C)cc(C(O)c2cccc(C)c2I)c1. The van der Waals surface area contributed by atoms with Crippen LogP contribution in [0.2, 0.25) is 0 Å². The summed E-state index contributed by atoms with van der Waals surface area (Å²) >= 11 is 2.30. The Morgan fingerprint density at radius 2 is 1.61 bits per heavy atom. The minimum absolute atomic E-state index is 0.546. The van der Waals surface area contributed by atoms with Crippen LogP contribution in [0.25, 0.3) is 0 Å². The van der Waals surface area contributed by atoms with Crippen LogP contribution in [0.15, 0.2) is 36.4 Å². The van der Waals surface area contributed by atoms with Crippen LogP contribution >= 0.6 is 22.6 Å². The van der Waals surface area contributed by atoms with Gasteiger partial charge in [-0.15, -0.1) is 0 Å². The number of rotatable bonds is 2. The molecule has 1 atom stereocenters. The van der Waals surface area contributed by atoms with Gasteiger partial charge in [-0.25, -0.2) is 0 Å². The zero-order valence-corrected chi connectivity index (χ0v) is 13.0. The summed E-state index contributed by atoms with van der Waals surface area (Å²) in [5, 5.41) is 10.5. The number of aliphatic hydroxyl groups is 1. The van der Waals surface area contributed by atoms with Crippen molar-refractivity contribution < 1.29 is 5.11 Å². The summed E-state index contributed by atoms with van der Waals surface area (Å²) in [5.74, 6) is 0. The van der Waals surface area contributed by atoms with Crippen LogP contribution in [0.5, 0.6) is 0 Å².